The summed E-state index contributed by atoms with van der Waals surface area (Å²) in [4.78, 5) is 0. The number of hydrogen-bond acceptors (Lipinski definition) is 0. The molecule has 0 N–H and O–H groups in total. The molecule has 0 aliphatic rings. The zero-order valence-corrected chi connectivity index (χ0v) is 17.5. The standard InChI is InChI=1S/C32H20/c1-2-9-23-19-24(14-13-21(23)7-1)31-20-25-16-17-28-26-10-4-3-8-22(26)15-18-30(28)32(25)29-12-6-5-11-27(29)31/h1-20H. The number of benzene rings is 7. The molecule has 32 heavy (non-hydrogen) atoms. The van der Waals surface area contributed by atoms with Gasteiger partial charge < -0.3 is 0 Å². The molecular formula is C32H20. The van der Waals surface area contributed by atoms with E-state index in [-0.39, 0.29) is 0 Å². The van der Waals surface area contributed by atoms with E-state index in [1.54, 1.807) is 0 Å². The Hall–Kier alpha value is -4.16. The predicted octanol–water partition coefficient (Wildman–Crippen LogP) is 9.12. The summed E-state index contributed by atoms with van der Waals surface area (Å²) in [6.07, 6.45) is 0. The van der Waals surface area contributed by atoms with Crippen molar-refractivity contribution in [1.82, 2.24) is 0 Å². The van der Waals surface area contributed by atoms with Gasteiger partial charge in [0.2, 0.25) is 0 Å². The zero-order valence-electron chi connectivity index (χ0n) is 17.5. The van der Waals surface area contributed by atoms with Crippen molar-refractivity contribution in [2.75, 3.05) is 0 Å². The highest BCUT2D eigenvalue weighted by Crippen LogP contribution is 2.40. The van der Waals surface area contributed by atoms with Gasteiger partial charge in [-0.2, -0.15) is 0 Å². The van der Waals surface area contributed by atoms with Crippen LogP contribution in [0.5, 0.6) is 0 Å². The van der Waals surface area contributed by atoms with E-state index in [2.05, 4.69) is 121 Å². The fourth-order valence-corrected chi connectivity index (χ4v) is 5.29. The summed E-state index contributed by atoms with van der Waals surface area (Å²) in [7, 11) is 0. The van der Waals surface area contributed by atoms with Gasteiger partial charge in [0.1, 0.15) is 0 Å². The maximum Gasteiger partial charge on any atom is -0.00262 e. The maximum atomic E-state index is 2.37. The van der Waals surface area contributed by atoms with Crippen LogP contribution in [0.25, 0.3) is 65.0 Å². The molecule has 7 rings (SSSR count). The van der Waals surface area contributed by atoms with Crippen LogP contribution in [0, 0.1) is 0 Å². The van der Waals surface area contributed by atoms with Crippen molar-refractivity contribution >= 4 is 53.9 Å². The van der Waals surface area contributed by atoms with E-state index in [1.807, 2.05) is 0 Å². The van der Waals surface area contributed by atoms with Crippen LogP contribution in [0.2, 0.25) is 0 Å². The first kappa shape index (κ1) is 17.5. The summed E-state index contributed by atoms with van der Waals surface area (Å²) in [5.74, 6) is 0. The van der Waals surface area contributed by atoms with Crippen LogP contribution >= 0.6 is 0 Å². The van der Waals surface area contributed by atoms with E-state index in [0.717, 1.165) is 0 Å². The average molecular weight is 405 g/mol. The summed E-state index contributed by atoms with van der Waals surface area (Å²) in [6.45, 7) is 0. The van der Waals surface area contributed by atoms with Gasteiger partial charge in [-0.05, 0) is 77.1 Å². The molecule has 7 aromatic carbocycles. The third kappa shape index (κ3) is 2.50. The molecule has 0 saturated heterocycles. The van der Waals surface area contributed by atoms with Crippen LogP contribution in [-0.4, -0.2) is 0 Å². The number of hydrogen-bond donors (Lipinski definition) is 0. The summed E-state index contributed by atoms with van der Waals surface area (Å²) < 4.78 is 0. The lowest BCUT2D eigenvalue weighted by Gasteiger charge is -2.14. The van der Waals surface area contributed by atoms with Gasteiger partial charge in [0, 0.05) is 0 Å². The van der Waals surface area contributed by atoms with Crippen LogP contribution in [0.15, 0.2) is 121 Å². The highest BCUT2D eigenvalue weighted by Gasteiger charge is 2.12. The average Bonchev–Trinajstić information content (AvgIpc) is 2.87. The minimum Gasteiger partial charge on any atom is -0.0616 e. The Labute approximate surface area is 186 Å². The molecule has 0 radical (unpaired) electrons. The third-order valence-corrected chi connectivity index (χ3v) is 6.81. The van der Waals surface area contributed by atoms with Crippen molar-refractivity contribution in [3.63, 3.8) is 0 Å². The second kappa shape index (κ2) is 6.67. The fraction of sp³-hybridized carbons (Fsp3) is 0. The van der Waals surface area contributed by atoms with Crippen LogP contribution in [0.4, 0.5) is 0 Å². The van der Waals surface area contributed by atoms with Crippen molar-refractivity contribution in [2.24, 2.45) is 0 Å². The lowest BCUT2D eigenvalue weighted by atomic mass is 9.89. The lowest BCUT2D eigenvalue weighted by molar-refractivity contribution is 1.70. The van der Waals surface area contributed by atoms with Gasteiger partial charge >= 0.3 is 0 Å². The first-order chi connectivity index (χ1) is 15.9. The van der Waals surface area contributed by atoms with Crippen molar-refractivity contribution in [3.8, 4) is 11.1 Å². The first-order valence-corrected chi connectivity index (χ1v) is 11.1. The molecule has 0 aromatic heterocycles. The Morgan fingerprint density at radius 2 is 0.906 bits per heavy atom. The number of rotatable bonds is 1. The monoisotopic (exact) mass is 404 g/mol. The van der Waals surface area contributed by atoms with Gasteiger partial charge in [-0.1, -0.05) is 109 Å². The number of fused-ring (bicyclic) bond motifs is 8. The smallest absolute Gasteiger partial charge is 0.00262 e. The van der Waals surface area contributed by atoms with E-state index in [0.29, 0.717) is 0 Å². The van der Waals surface area contributed by atoms with E-state index in [1.165, 1.54) is 65.0 Å². The quantitative estimate of drug-likeness (QED) is 0.239. The van der Waals surface area contributed by atoms with E-state index in [9.17, 15) is 0 Å². The van der Waals surface area contributed by atoms with E-state index >= 15 is 0 Å². The molecule has 0 atom stereocenters. The van der Waals surface area contributed by atoms with Crippen molar-refractivity contribution in [2.45, 2.75) is 0 Å². The Kier molecular flexibility index (Phi) is 3.65. The molecule has 0 heterocycles. The second-order valence-electron chi connectivity index (χ2n) is 8.58. The van der Waals surface area contributed by atoms with Gasteiger partial charge in [-0.3, -0.25) is 0 Å². The molecule has 0 unspecified atom stereocenters. The van der Waals surface area contributed by atoms with Gasteiger partial charge in [-0.25, -0.2) is 0 Å². The molecule has 0 fully saturated rings. The van der Waals surface area contributed by atoms with E-state index < -0.39 is 0 Å². The maximum absolute atomic E-state index is 2.37. The van der Waals surface area contributed by atoms with Crippen molar-refractivity contribution in [1.29, 1.82) is 0 Å². The Balaban J connectivity index is 1.61. The van der Waals surface area contributed by atoms with Crippen LogP contribution in [0.3, 0.4) is 0 Å². The largest absolute Gasteiger partial charge is 0.0616 e. The lowest BCUT2D eigenvalue weighted by Crippen LogP contribution is -1.87. The van der Waals surface area contributed by atoms with Crippen LogP contribution < -0.4 is 0 Å². The molecule has 0 spiro atoms. The highest BCUT2D eigenvalue weighted by molar-refractivity contribution is 6.26. The van der Waals surface area contributed by atoms with Crippen molar-refractivity contribution < 1.29 is 0 Å². The highest BCUT2D eigenvalue weighted by atomic mass is 14.2. The summed E-state index contributed by atoms with van der Waals surface area (Å²) in [5, 5.41) is 13.0. The molecule has 0 aliphatic carbocycles. The van der Waals surface area contributed by atoms with Crippen molar-refractivity contribution in [3.05, 3.63) is 121 Å². The Bertz CT molecular complexity index is 1820. The summed E-state index contributed by atoms with van der Waals surface area (Å²) >= 11 is 0. The minimum absolute atomic E-state index is 1.26. The van der Waals surface area contributed by atoms with Crippen LogP contribution in [0.1, 0.15) is 0 Å². The van der Waals surface area contributed by atoms with Gasteiger partial charge in [0.15, 0.2) is 0 Å². The molecule has 0 heteroatoms. The molecule has 0 nitrogen and oxygen atoms in total. The minimum atomic E-state index is 1.26. The molecule has 0 aliphatic heterocycles. The molecule has 0 bridgehead atoms. The second-order valence-corrected chi connectivity index (χ2v) is 8.58. The summed E-state index contributed by atoms with van der Waals surface area (Å²) in [6, 6.07) is 44.4. The molecule has 7 aromatic rings. The molecule has 0 saturated carbocycles. The Morgan fingerprint density at radius 1 is 0.312 bits per heavy atom. The SMILES string of the molecule is c1ccc2cc(-c3cc4ccc5c6ccccc6ccc5c4c4ccccc34)ccc2c1. The Morgan fingerprint density at radius 3 is 1.78 bits per heavy atom. The van der Waals surface area contributed by atoms with Gasteiger partial charge in [-0.15, -0.1) is 0 Å². The van der Waals surface area contributed by atoms with Gasteiger partial charge in [0.25, 0.3) is 0 Å². The predicted molar refractivity (Wildman–Crippen MR) is 139 cm³/mol. The van der Waals surface area contributed by atoms with Gasteiger partial charge in [0.05, 0.1) is 0 Å². The normalized spacial score (nSPS) is 11.8. The third-order valence-electron chi connectivity index (χ3n) is 6.81. The molecular weight excluding hydrogens is 384 g/mol. The van der Waals surface area contributed by atoms with Crippen LogP contribution in [-0.2, 0) is 0 Å². The molecule has 0 amide bonds. The molecule has 148 valence electrons. The zero-order chi connectivity index (χ0) is 21.1. The topological polar surface area (TPSA) is 0 Å². The van der Waals surface area contributed by atoms with E-state index in [4.69, 9.17) is 0 Å². The first-order valence-electron chi connectivity index (χ1n) is 11.1. The summed E-state index contributed by atoms with van der Waals surface area (Å²) in [5.41, 5.74) is 2.56. The fourth-order valence-electron chi connectivity index (χ4n) is 5.29.